The lowest BCUT2D eigenvalue weighted by Crippen LogP contribution is -2.39. The average Bonchev–Trinajstić information content (AvgIpc) is 3.11. The summed E-state index contributed by atoms with van der Waals surface area (Å²) >= 11 is 0. The third-order valence-electron chi connectivity index (χ3n) is 5.63. The van der Waals surface area contributed by atoms with Crippen LogP contribution in [0.15, 0.2) is 48.7 Å². The Morgan fingerprint density at radius 2 is 1.86 bits per heavy atom. The maximum absolute atomic E-state index is 12.6. The van der Waals surface area contributed by atoms with E-state index in [1.165, 1.54) is 24.8 Å². The Morgan fingerprint density at radius 3 is 2.64 bits per heavy atom. The molecule has 1 saturated heterocycles. The summed E-state index contributed by atoms with van der Waals surface area (Å²) in [6, 6.07) is 13.7. The molecule has 0 spiro atoms. The zero-order valence-electron chi connectivity index (χ0n) is 15.9. The van der Waals surface area contributed by atoms with Crippen molar-refractivity contribution < 1.29 is 9.59 Å². The van der Waals surface area contributed by atoms with Crippen LogP contribution in [-0.2, 0) is 4.79 Å². The summed E-state index contributed by atoms with van der Waals surface area (Å²) in [5.41, 5.74) is 1.95. The average molecular weight is 378 g/mol. The first-order chi connectivity index (χ1) is 13.7. The lowest BCUT2D eigenvalue weighted by molar-refractivity contribution is -0.117. The van der Waals surface area contributed by atoms with Gasteiger partial charge in [-0.2, -0.15) is 0 Å². The fourth-order valence-corrected chi connectivity index (χ4v) is 4.15. The first kappa shape index (κ1) is 18.5. The van der Waals surface area contributed by atoms with Crippen molar-refractivity contribution >= 4 is 23.4 Å². The number of rotatable bonds is 4. The second kappa shape index (κ2) is 8.42. The molecule has 1 saturated carbocycles. The van der Waals surface area contributed by atoms with Crippen molar-refractivity contribution in [3.8, 4) is 0 Å². The number of carbonyl (C=O) groups excluding carboxylic acids is 2. The van der Waals surface area contributed by atoms with Crippen LogP contribution in [-0.4, -0.2) is 29.5 Å². The standard InChI is InChI=1S/C22H26N4O2/c27-21-13-17(16-7-3-1-4-8-16)15-26(21)19-11-12-23-20(14-19)25-22(28)24-18-9-5-2-6-10-18/h1,3-4,7-8,11-12,14,17-18H,2,5-6,9-10,13,15H2,(H2,23,24,25,28)/t17-/m0/s1. The Hall–Kier alpha value is -2.89. The van der Waals surface area contributed by atoms with Crippen molar-refractivity contribution in [1.82, 2.24) is 10.3 Å². The molecule has 0 bridgehead atoms. The lowest BCUT2D eigenvalue weighted by atomic mass is 9.96. The highest BCUT2D eigenvalue weighted by Crippen LogP contribution is 2.32. The molecule has 1 atom stereocenters. The summed E-state index contributed by atoms with van der Waals surface area (Å²) < 4.78 is 0. The molecule has 1 aromatic heterocycles. The van der Waals surface area contributed by atoms with Crippen LogP contribution in [0.3, 0.4) is 0 Å². The molecular weight excluding hydrogens is 352 g/mol. The molecule has 1 aliphatic carbocycles. The maximum atomic E-state index is 12.6. The van der Waals surface area contributed by atoms with Gasteiger partial charge in [0, 0.05) is 42.9 Å². The van der Waals surface area contributed by atoms with Gasteiger partial charge in [0.15, 0.2) is 0 Å². The second-order valence-corrected chi connectivity index (χ2v) is 7.65. The quantitative estimate of drug-likeness (QED) is 0.843. The molecule has 2 heterocycles. The number of nitrogens with zero attached hydrogens (tertiary/aromatic N) is 2. The van der Waals surface area contributed by atoms with Crippen molar-refractivity contribution in [2.24, 2.45) is 0 Å². The summed E-state index contributed by atoms with van der Waals surface area (Å²) in [4.78, 5) is 30.8. The second-order valence-electron chi connectivity index (χ2n) is 7.65. The van der Waals surface area contributed by atoms with Crippen molar-refractivity contribution in [3.05, 3.63) is 54.2 Å². The Labute approximate surface area is 165 Å². The zero-order chi connectivity index (χ0) is 19.3. The molecule has 6 heteroatoms. The first-order valence-corrected chi connectivity index (χ1v) is 10.1. The van der Waals surface area contributed by atoms with Gasteiger partial charge in [-0.1, -0.05) is 49.6 Å². The largest absolute Gasteiger partial charge is 0.335 e. The van der Waals surface area contributed by atoms with E-state index in [1.807, 2.05) is 24.3 Å². The Balaban J connectivity index is 1.40. The van der Waals surface area contributed by atoms with Gasteiger partial charge in [0.05, 0.1) is 0 Å². The van der Waals surface area contributed by atoms with Crippen LogP contribution in [0.1, 0.15) is 50.0 Å². The van der Waals surface area contributed by atoms with Crippen molar-refractivity contribution in [3.63, 3.8) is 0 Å². The van der Waals surface area contributed by atoms with Crippen LogP contribution in [0.5, 0.6) is 0 Å². The Kier molecular flexibility index (Phi) is 5.55. The number of hydrogen-bond donors (Lipinski definition) is 2. The van der Waals surface area contributed by atoms with Gasteiger partial charge in [0.2, 0.25) is 5.91 Å². The predicted molar refractivity (Wildman–Crippen MR) is 109 cm³/mol. The number of pyridine rings is 1. The van der Waals surface area contributed by atoms with Gasteiger partial charge in [-0.25, -0.2) is 9.78 Å². The molecule has 6 nitrogen and oxygen atoms in total. The van der Waals surface area contributed by atoms with E-state index < -0.39 is 0 Å². The van der Waals surface area contributed by atoms with Gasteiger partial charge in [-0.15, -0.1) is 0 Å². The Morgan fingerprint density at radius 1 is 1.07 bits per heavy atom. The molecule has 2 aliphatic rings. The number of nitrogens with one attached hydrogen (secondary N) is 2. The number of carbonyl (C=O) groups is 2. The minimum Gasteiger partial charge on any atom is -0.335 e. The number of hydrogen-bond acceptors (Lipinski definition) is 3. The maximum Gasteiger partial charge on any atom is 0.320 e. The molecule has 0 unspecified atom stereocenters. The van der Waals surface area contributed by atoms with Gasteiger partial charge in [-0.3, -0.25) is 10.1 Å². The zero-order valence-corrected chi connectivity index (χ0v) is 15.9. The van der Waals surface area contributed by atoms with E-state index in [2.05, 4.69) is 27.8 Å². The summed E-state index contributed by atoms with van der Waals surface area (Å²) in [6.07, 6.45) is 7.77. The number of benzene rings is 1. The van der Waals surface area contributed by atoms with Crippen molar-refractivity contribution in [1.29, 1.82) is 0 Å². The monoisotopic (exact) mass is 378 g/mol. The van der Waals surface area contributed by atoms with Crippen molar-refractivity contribution in [2.75, 3.05) is 16.8 Å². The molecule has 1 aromatic carbocycles. The smallest absolute Gasteiger partial charge is 0.320 e. The molecule has 3 amide bonds. The van der Waals surface area contributed by atoms with Gasteiger partial charge < -0.3 is 10.2 Å². The highest BCUT2D eigenvalue weighted by molar-refractivity contribution is 5.97. The number of urea groups is 1. The highest BCUT2D eigenvalue weighted by atomic mass is 16.2. The highest BCUT2D eigenvalue weighted by Gasteiger charge is 2.31. The van der Waals surface area contributed by atoms with E-state index in [-0.39, 0.29) is 23.9 Å². The summed E-state index contributed by atoms with van der Waals surface area (Å²) in [7, 11) is 0. The fourth-order valence-electron chi connectivity index (χ4n) is 4.15. The number of aromatic nitrogens is 1. The van der Waals surface area contributed by atoms with Crippen LogP contribution >= 0.6 is 0 Å². The molecule has 4 rings (SSSR count). The molecule has 146 valence electrons. The molecule has 2 aromatic rings. The number of anilines is 2. The van der Waals surface area contributed by atoms with Crippen LogP contribution in [0.4, 0.5) is 16.3 Å². The van der Waals surface area contributed by atoms with Gasteiger partial charge in [0.25, 0.3) is 0 Å². The van der Waals surface area contributed by atoms with Crippen molar-refractivity contribution in [2.45, 2.75) is 50.5 Å². The van der Waals surface area contributed by atoms with Crippen LogP contribution < -0.4 is 15.5 Å². The third-order valence-corrected chi connectivity index (χ3v) is 5.63. The van der Waals surface area contributed by atoms with E-state index in [0.717, 1.165) is 18.5 Å². The van der Waals surface area contributed by atoms with Crippen LogP contribution in [0, 0.1) is 0 Å². The summed E-state index contributed by atoms with van der Waals surface area (Å²) in [6.45, 7) is 0.639. The van der Waals surface area contributed by atoms with E-state index >= 15 is 0 Å². The molecule has 1 aliphatic heterocycles. The first-order valence-electron chi connectivity index (χ1n) is 10.1. The van der Waals surface area contributed by atoms with Crippen LogP contribution in [0.25, 0.3) is 0 Å². The van der Waals surface area contributed by atoms with E-state index in [1.54, 1.807) is 17.2 Å². The van der Waals surface area contributed by atoms with Gasteiger partial charge in [-0.05, 0) is 24.5 Å². The molecule has 2 N–H and O–H groups in total. The molecule has 0 radical (unpaired) electrons. The van der Waals surface area contributed by atoms with E-state index in [9.17, 15) is 9.59 Å². The summed E-state index contributed by atoms with van der Waals surface area (Å²) in [5, 5.41) is 5.83. The van der Waals surface area contributed by atoms with E-state index in [0.29, 0.717) is 18.8 Å². The summed E-state index contributed by atoms with van der Waals surface area (Å²) in [5.74, 6) is 0.743. The minimum absolute atomic E-state index is 0.0951. The lowest BCUT2D eigenvalue weighted by Gasteiger charge is -2.23. The van der Waals surface area contributed by atoms with E-state index in [4.69, 9.17) is 0 Å². The van der Waals surface area contributed by atoms with Gasteiger partial charge in [0.1, 0.15) is 5.82 Å². The normalized spacial score (nSPS) is 20.2. The molecule has 2 fully saturated rings. The number of amides is 3. The minimum atomic E-state index is -0.230. The Bertz CT molecular complexity index is 833. The van der Waals surface area contributed by atoms with Crippen LogP contribution in [0.2, 0.25) is 0 Å². The molecular formula is C22H26N4O2. The fraction of sp³-hybridized carbons (Fsp3) is 0.409. The topological polar surface area (TPSA) is 74.3 Å². The SMILES string of the molecule is O=C(Nc1cc(N2C[C@@H](c3ccccc3)CC2=O)ccn1)NC1CCCCC1. The van der Waals surface area contributed by atoms with Gasteiger partial charge >= 0.3 is 6.03 Å². The molecule has 28 heavy (non-hydrogen) atoms. The predicted octanol–water partition coefficient (Wildman–Crippen LogP) is 4.06. The third kappa shape index (κ3) is 4.32.